The SMILES string of the molecule is N#Cc1cccc(CNCc2ccc(C(=O)O)c(F)c2)c1. The molecule has 0 fully saturated rings. The zero-order valence-electron chi connectivity index (χ0n) is 11.1. The quantitative estimate of drug-likeness (QED) is 0.885. The van der Waals surface area contributed by atoms with Gasteiger partial charge in [-0.3, -0.25) is 0 Å². The Labute approximate surface area is 121 Å². The van der Waals surface area contributed by atoms with Crippen LogP contribution in [0.1, 0.15) is 27.0 Å². The van der Waals surface area contributed by atoms with E-state index in [4.69, 9.17) is 10.4 Å². The molecule has 2 rings (SSSR count). The molecule has 0 amide bonds. The topological polar surface area (TPSA) is 73.1 Å². The van der Waals surface area contributed by atoms with Crippen LogP contribution in [0.2, 0.25) is 0 Å². The Morgan fingerprint density at radius 1 is 1.19 bits per heavy atom. The summed E-state index contributed by atoms with van der Waals surface area (Å²) in [5, 5.41) is 20.7. The Morgan fingerprint density at radius 2 is 1.90 bits per heavy atom. The number of nitrogens with zero attached hydrogens (tertiary/aromatic N) is 1. The van der Waals surface area contributed by atoms with Gasteiger partial charge >= 0.3 is 5.97 Å². The first-order valence-electron chi connectivity index (χ1n) is 6.31. The van der Waals surface area contributed by atoms with Gasteiger partial charge in [0, 0.05) is 13.1 Å². The first-order chi connectivity index (χ1) is 10.1. The maximum Gasteiger partial charge on any atom is 0.338 e. The molecule has 0 aliphatic rings. The van der Waals surface area contributed by atoms with Crippen molar-refractivity contribution in [2.24, 2.45) is 0 Å². The van der Waals surface area contributed by atoms with Gasteiger partial charge in [0.05, 0.1) is 17.2 Å². The van der Waals surface area contributed by atoms with E-state index in [1.807, 2.05) is 6.07 Å². The highest BCUT2D eigenvalue weighted by atomic mass is 19.1. The number of carboxylic acid groups (broad SMARTS) is 1. The highest BCUT2D eigenvalue weighted by Crippen LogP contribution is 2.11. The molecular weight excluding hydrogens is 271 g/mol. The van der Waals surface area contributed by atoms with E-state index in [1.54, 1.807) is 24.3 Å². The van der Waals surface area contributed by atoms with E-state index in [0.717, 1.165) is 5.56 Å². The van der Waals surface area contributed by atoms with Crippen LogP contribution < -0.4 is 5.32 Å². The third-order valence-electron chi connectivity index (χ3n) is 2.98. The molecule has 2 aromatic carbocycles. The minimum Gasteiger partial charge on any atom is -0.478 e. The predicted molar refractivity (Wildman–Crippen MR) is 75.1 cm³/mol. The second-order valence-corrected chi connectivity index (χ2v) is 4.54. The molecule has 0 heterocycles. The van der Waals surface area contributed by atoms with E-state index < -0.39 is 11.8 Å². The fourth-order valence-corrected chi connectivity index (χ4v) is 1.94. The van der Waals surface area contributed by atoms with Gasteiger partial charge in [-0.2, -0.15) is 5.26 Å². The molecule has 21 heavy (non-hydrogen) atoms. The molecule has 5 heteroatoms. The van der Waals surface area contributed by atoms with E-state index in [2.05, 4.69) is 11.4 Å². The number of hydrogen-bond donors (Lipinski definition) is 2. The van der Waals surface area contributed by atoms with Crippen LogP contribution in [0.4, 0.5) is 4.39 Å². The summed E-state index contributed by atoms with van der Waals surface area (Å²) in [6, 6.07) is 13.3. The molecule has 0 saturated heterocycles. The lowest BCUT2D eigenvalue weighted by Gasteiger charge is -2.06. The van der Waals surface area contributed by atoms with Gasteiger partial charge in [-0.1, -0.05) is 18.2 Å². The van der Waals surface area contributed by atoms with Crippen LogP contribution in [0.5, 0.6) is 0 Å². The molecule has 0 aliphatic carbocycles. The number of nitriles is 1. The second-order valence-electron chi connectivity index (χ2n) is 4.54. The van der Waals surface area contributed by atoms with Crippen molar-refractivity contribution in [3.8, 4) is 6.07 Å². The lowest BCUT2D eigenvalue weighted by molar-refractivity contribution is 0.0692. The van der Waals surface area contributed by atoms with Crippen molar-refractivity contribution in [1.29, 1.82) is 5.26 Å². The minimum absolute atomic E-state index is 0.333. The van der Waals surface area contributed by atoms with Crippen molar-refractivity contribution in [1.82, 2.24) is 5.32 Å². The summed E-state index contributed by atoms with van der Waals surface area (Å²) in [5.41, 5.74) is 1.87. The molecule has 106 valence electrons. The Morgan fingerprint density at radius 3 is 2.52 bits per heavy atom. The number of carbonyl (C=O) groups is 1. The molecule has 0 atom stereocenters. The molecule has 0 aliphatic heterocycles. The number of nitrogens with one attached hydrogen (secondary N) is 1. The highest BCUT2D eigenvalue weighted by Gasteiger charge is 2.10. The van der Waals surface area contributed by atoms with E-state index in [0.29, 0.717) is 24.2 Å². The summed E-state index contributed by atoms with van der Waals surface area (Å²) in [6.07, 6.45) is 0. The molecule has 2 N–H and O–H groups in total. The van der Waals surface area contributed by atoms with Crippen molar-refractivity contribution in [2.45, 2.75) is 13.1 Å². The monoisotopic (exact) mass is 284 g/mol. The maximum atomic E-state index is 13.5. The number of carboxylic acids is 1. The lowest BCUT2D eigenvalue weighted by Crippen LogP contribution is -2.13. The first kappa shape index (κ1) is 14.7. The van der Waals surface area contributed by atoms with Crippen molar-refractivity contribution in [3.05, 3.63) is 70.5 Å². The smallest absolute Gasteiger partial charge is 0.338 e. The van der Waals surface area contributed by atoms with Crippen LogP contribution in [0, 0.1) is 17.1 Å². The Hall–Kier alpha value is -2.71. The van der Waals surface area contributed by atoms with Crippen molar-refractivity contribution < 1.29 is 14.3 Å². The largest absolute Gasteiger partial charge is 0.478 e. The number of benzene rings is 2. The van der Waals surface area contributed by atoms with Gasteiger partial charge in [-0.15, -0.1) is 0 Å². The van der Waals surface area contributed by atoms with Crippen LogP contribution in [0.3, 0.4) is 0 Å². The van der Waals surface area contributed by atoms with E-state index in [1.165, 1.54) is 12.1 Å². The molecule has 2 aromatic rings. The van der Waals surface area contributed by atoms with Gasteiger partial charge in [0.25, 0.3) is 0 Å². The third kappa shape index (κ3) is 3.88. The molecule has 0 bridgehead atoms. The van der Waals surface area contributed by atoms with Crippen molar-refractivity contribution in [3.63, 3.8) is 0 Å². The maximum absolute atomic E-state index is 13.5. The van der Waals surface area contributed by atoms with E-state index in [-0.39, 0.29) is 5.56 Å². The van der Waals surface area contributed by atoms with Crippen molar-refractivity contribution >= 4 is 5.97 Å². The standard InChI is InChI=1S/C16H13FN2O2/c17-15-7-13(4-5-14(15)16(20)21)10-19-9-12-3-1-2-11(6-12)8-18/h1-7,19H,9-10H2,(H,20,21). The average molecular weight is 284 g/mol. The normalized spacial score (nSPS) is 10.1. The highest BCUT2D eigenvalue weighted by molar-refractivity contribution is 5.87. The van der Waals surface area contributed by atoms with Gasteiger partial charge < -0.3 is 10.4 Å². The van der Waals surface area contributed by atoms with Gasteiger partial charge in [0.15, 0.2) is 0 Å². The molecular formula is C16H13FN2O2. The minimum atomic E-state index is -1.28. The predicted octanol–water partition coefficient (Wildman–Crippen LogP) is 2.69. The summed E-state index contributed by atoms with van der Waals surface area (Å²) in [7, 11) is 0. The summed E-state index contributed by atoms with van der Waals surface area (Å²) < 4.78 is 13.5. The van der Waals surface area contributed by atoms with Gasteiger partial charge in [-0.25, -0.2) is 9.18 Å². The van der Waals surface area contributed by atoms with E-state index in [9.17, 15) is 9.18 Å². The number of halogens is 1. The van der Waals surface area contributed by atoms with Gasteiger partial charge in [0.1, 0.15) is 5.82 Å². The number of hydrogen-bond acceptors (Lipinski definition) is 3. The zero-order chi connectivity index (χ0) is 15.2. The molecule has 4 nitrogen and oxygen atoms in total. The van der Waals surface area contributed by atoms with Gasteiger partial charge in [-0.05, 0) is 35.4 Å². The van der Waals surface area contributed by atoms with E-state index >= 15 is 0 Å². The van der Waals surface area contributed by atoms with Crippen molar-refractivity contribution in [2.75, 3.05) is 0 Å². The molecule has 0 saturated carbocycles. The Bertz CT molecular complexity index is 708. The fourth-order valence-electron chi connectivity index (χ4n) is 1.94. The molecule has 0 radical (unpaired) electrons. The fraction of sp³-hybridized carbons (Fsp3) is 0.125. The molecule has 0 aromatic heterocycles. The Kier molecular flexibility index (Phi) is 4.64. The first-order valence-corrected chi connectivity index (χ1v) is 6.31. The molecule has 0 spiro atoms. The van der Waals surface area contributed by atoms with Crippen LogP contribution in [0.25, 0.3) is 0 Å². The summed E-state index contributed by atoms with van der Waals surface area (Å²) in [4.78, 5) is 10.7. The van der Waals surface area contributed by atoms with Crippen LogP contribution in [0.15, 0.2) is 42.5 Å². The number of aromatic carboxylic acids is 1. The van der Waals surface area contributed by atoms with Crippen LogP contribution in [-0.4, -0.2) is 11.1 Å². The summed E-state index contributed by atoms with van der Waals surface area (Å²) >= 11 is 0. The van der Waals surface area contributed by atoms with Gasteiger partial charge in [0.2, 0.25) is 0 Å². The number of rotatable bonds is 5. The van der Waals surface area contributed by atoms with Crippen LogP contribution >= 0.6 is 0 Å². The molecule has 0 unspecified atom stereocenters. The zero-order valence-corrected chi connectivity index (χ0v) is 11.1. The second kappa shape index (κ2) is 6.64. The van der Waals surface area contributed by atoms with Crippen LogP contribution in [-0.2, 0) is 13.1 Å². The lowest BCUT2D eigenvalue weighted by atomic mass is 10.1. The third-order valence-corrected chi connectivity index (χ3v) is 2.98. The Balaban J connectivity index is 1.96. The summed E-state index contributed by atoms with van der Waals surface area (Å²) in [6.45, 7) is 0.950. The average Bonchev–Trinajstić information content (AvgIpc) is 2.47. The summed E-state index contributed by atoms with van der Waals surface area (Å²) in [5.74, 6) is -2.02.